The molecule has 0 saturated heterocycles. The third kappa shape index (κ3) is 3.25. The molecule has 0 spiro atoms. The smallest absolute Gasteiger partial charge is 0.0294 e. The molecule has 0 aromatic heterocycles. The Morgan fingerprint density at radius 1 is 1.05 bits per heavy atom. The van der Waals surface area contributed by atoms with E-state index in [0.717, 1.165) is 5.92 Å². The summed E-state index contributed by atoms with van der Waals surface area (Å²) in [4.78, 5) is 0. The van der Waals surface area contributed by atoms with Gasteiger partial charge in [0, 0.05) is 12.1 Å². The van der Waals surface area contributed by atoms with Crippen LogP contribution in [0.25, 0.3) is 0 Å². The number of hydrogen-bond donors (Lipinski definition) is 1. The first-order valence-electron chi connectivity index (χ1n) is 8.60. The fourth-order valence-corrected chi connectivity index (χ4v) is 3.84. The highest BCUT2D eigenvalue weighted by molar-refractivity contribution is 5.35. The zero-order chi connectivity index (χ0) is 13.9. The summed E-state index contributed by atoms with van der Waals surface area (Å²) < 4.78 is 0. The van der Waals surface area contributed by atoms with Crippen LogP contribution in [0.1, 0.15) is 75.1 Å². The minimum absolute atomic E-state index is 0.484. The largest absolute Gasteiger partial charge is 0.308 e. The molecule has 3 rings (SSSR count). The van der Waals surface area contributed by atoms with Crippen molar-refractivity contribution in [3.63, 3.8) is 0 Å². The standard InChI is InChI=1S/C19H29N/c1-14(12-16-6-5-7-16)20-15(2)18-11-10-17-8-3-4-9-19(17)13-18/h10-11,13-16,20H,3-9,12H2,1-2H3. The fourth-order valence-electron chi connectivity index (χ4n) is 3.84. The third-order valence-electron chi connectivity index (χ3n) is 5.32. The number of benzene rings is 1. The van der Waals surface area contributed by atoms with Gasteiger partial charge in [-0.05, 0) is 68.6 Å². The van der Waals surface area contributed by atoms with Gasteiger partial charge in [-0.1, -0.05) is 37.5 Å². The van der Waals surface area contributed by atoms with Crippen molar-refractivity contribution < 1.29 is 0 Å². The number of fused-ring (bicyclic) bond motifs is 1. The van der Waals surface area contributed by atoms with Gasteiger partial charge in [0.2, 0.25) is 0 Å². The van der Waals surface area contributed by atoms with Gasteiger partial charge in [0.15, 0.2) is 0 Å². The van der Waals surface area contributed by atoms with Gasteiger partial charge >= 0.3 is 0 Å². The third-order valence-corrected chi connectivity index (χ3v) is 5.32. The quantitative estimate of drug-likeness (QED) is 0.811. The Morgan fingerprint density at radius 2 is 1.80 bits per heavy atom. The van der Waals surface area contributed by atoms with Crippen molar-refractivity contribution in [2.24, 2.45) is 5.92 Å². The Hall–Kier alpha value is -0.820. The molecule has 2 unspecified atom stereocenters. The molecule has 20 heavy (non-hydrogen) atoms. The van der Waals surface area contributed by atoms with E-state index in [1.165, 1.54) is 56.9 Å². The van der Waals surface area contributed by atoms with Crippen LogP contribution in [0.2, 0.25) is 0 Å². The van der Waals surface area contributed by atoms with Gasteiger partial charge in [0.25, 0.3) is 0 Å². The molecule has 1 N–H and O–H groups in total. The predicted octanol–water partition coefficient (Wildman–Crippen LogP) is 4.79. The number of nitrogens with one attached hydrogen (secondary N) is 1. The van der Waals surface area contributed by atoms with E-state index in [9.17, 15) is 0 Å². The molecule has 0 amide bonds. The van der Waals surface area contributed by atoms with Crippen molar-refractivity contribution in [3.05, 3.63) is 34.9 Å². The molecular formula is C19H29N. The molecule has 1 saturated carbocycles. The number of aryl methyl sites for hydroxylation is 2. The molecule has 2 aliphatic rings. The van der Waals surface area contributed by atoms with Gasteiger partial charge < -0.3 is 5.32 Å². The van der Waals surface area contributed by atoms with Crippen LogP contribution in [0.5, 0.6) is 0 Å². The lowest BCUT2D eigenvalue weighted by Crippen LogP contribution is -2.32. The van der Waals surface area contributed by atoms with Gasteiger partial charge in [-0.2, -0.15) is 0 Å². The zero-order valence-electron chi connectivity index (χ0n) is 13.1. The maximum absolute atomic E-state index is 3.80. The molecule has 110 valence electrons. The van der Waals surface area contributed by atoms with E-state index in [-0.39, 0.29) is 0 Å². The van der Waals surface area contributed by atoms with Crippen molar-refractivity contribution in [2.45, 2.75) is 77.3 Å². The summed E-state index contributed by atoms with van der Waals surface area (Å²) in [5.74, 6) is 0.994. The van der Waals surface area contributed by atoms with Crippen molar-refractivity contribution in [1.29, 1.82) is 0 Å². The zero-order valence-corrected chi connectivity index (χ0v) is 13.1. The summed E-state index contributed by atoms with van der Waals surface area (Å²) >= 11 is 0. The van der Waals surface area contributed by atoms with Crippen molar-refractivity contribution in [2.75, 3.05) is 0 Å². The Morgan fingerprint density at radius 3 is 2.50 bits per heavy atom. The van der Waals surface area contributed by atoms with Gasteiger partial charge in [-0.3, -0.25) is 0 Å². The Kier molecular flexibility index (Phi) is 4.45. The van der Waals surface area contributed by atoms with Crippen molar-refractivity contribution in [1.82, 2.24) is 5.32 Å². The minimum Gasteiger partial charge on any atom is -0.308 e. The van der Waals surface area contributed by atoms with E-state index in [0.29, 0.717) is 12.1 Å². The van der Waals surface area contributed by atoms with E-state index in [4.69, 9.17) is 0 Å². The first kappa shape index (κ1) is 14.1. The van der Waals surface area contributed by atoms with Crippen LogP contribution in [-0.4, -0.2) is 6.04 Å². The van der Waals surface area contributed by atoms with Crippen LogP contribution in [0.4, 0.5) is 0 Å². The van der Waals surface area contributed by atoms with E-state index >= 15 is 0 Å². The Balaban J connectivity index is 1.59. The van der Waals surface area contributed by atoms with Crippen molar-refractivity contribution in [3.8, 4) is 0 Å². The molecule has 1 fully saturated rings. The molecule has 0 aliphatic heterocycles. The maximum Gasteiger partial charge on any atom is 0.0294 e. The summed E-state index contributed by atoms with van der Waals surface area (Å²) in [6.07, 6.45) is 11.0. The summed E-state index contributed by atoms with van der Waals surface area (Å²) in [6.45, 7) is 4.68. The van der Waals surface area contributed by atoms with E-state index in [1.807, 2.05) is 0 Å². The van der Waals surface area contributed by atoms with Crippen LogP contribution in [0.15, 0.2) is 18.2 Å². The summed E-state index contributed by atoms with van der Waals surface area (Å²) in [5.41, 5.74) is 4.68. The second-order valence-corrected chi connectivity index (χ2v) is 7.06. The average Bonchev–Trinajstić information content (AvgIpc) is 2.42. The summed E-state index contributed by atoms with van der Waals surface area (Å²) in [7, 11) is 0. The van der Waals surface area contributed by atoms with Crippen LogP contribution >= 0.6 is 0 Å². The highest BCUT2D eigenvalue weighted by Gasteiger charge is 2.21. The number of rotatable bonds is 5. The first-order valence-corrected chi connectivity index (χ1v) is 8.60. The van der Waals surface area contributed by atoms with Gasteiger partial charge in [0.05, 0.1) is 0 Å². The molecule has 0 heterocycles. The molecule has 1 aromatic rings. The van der Waals surface area contributed by atoms with Crippen LogP contribution in [0.3, 0.4) is 0 Å². The lowest BCUT2D eigenvalue weighted by atomic mass is 9.81. The summed E-state index contributed by atoms with van der Waals surface area (Å²) in [5, 5.41) is 3.80. The molecule has 2 aliphatic carbocycles. The Labute approximate surface area is 124 Å². The second kappa shape index (κ2) is 6.30. The van der Waals surface area contributed by atoms with Crippen molar-refractivity contribution >= 4 is 0 Å². The molecule has 0 radical (unpaired) electrons. The van der Waals surface area contributed by atoms with E-state index < -0.39 is 0 Å². The predicted molar refractivity (Wildman–Crippen MR) is 86.1 cm³/mol. The molecular weight excluding hydrogens is 242 g/mol. The van der Waals surface area contributed by atoms with Gasteiger partial charge in [0.1, 0.15) is 0 Å². The monoisotopic (exact) mass is 271 g/mol. The van der Waals surface area contributed by atoms with Gasteiger partial charge in [-0.15, -0.1) is 0 Å². The Bertz CT molecular complexity index is 447. The molecule has 2 atom stereocenters. The molecule has 1 aromatic carbocycles. The normalized spacial score (nSPS) is 21.9. The SMILES string of the molecule is CC(CC1CCC1)NC(C)c1ccc2c(c1)CCCC2. The minimum atomic E-state index is 0.484. The van der Waals surface area contributed by atoms with Gasteiger partial charge in [-0.25, -0.2) is 0 Å². The van der Waals surface area contributed by atoms with Crippen LogP contribution < -0.4 is 5.32 Å². The molecule has 0 bridgehead atoms. The topological polar surface area (TPSA) is 12.0 Å². The average molecular weight is 271 g/mol. The maximum atomic E-state index is 3.80. The van der Waals surface area contributed by atoms with E-state index in [2.05, 4.69) is 37.4 Å². The molecule has 1 nitrogen and oxygen atoms in total. The fraction of sp³-hybridized carbons (Fsp3) is 0.684. The lowest BCUT2D eigenvalue weighted by molar-refractivity contribution is 0.259. The van der Waals surface area contributed by atoms with Crippen LogP contribution in [-0.2, 0) is 12.8 Å². The van der Waals surface area contributed by atoms with Crippen LogP contribution in [0, 0.1) is 5.92 Å². The molecule has 1 heteroatoms. The summed E-state index contributed by atoms with van der Waals surface area (Å²) in [6, 6.07) is 8.31. The first-order chi connectivity index (χ1) is 9.72. The second-order valence-electron chi connectivity index (χ2n) is 7.06. The number of hydrogen-bond acceptors (Lipinski definition) is 1. The lowest BCUT2D eigenvalue weighted by Gasteiger charge is -2.30. The highest BCUT2D eigenvalue weighted by Crippen LogP contribution is 2.31. The highest BCUT2D eigenvalue weighted by atomic mass is 14.9. The van der Waals surface area contributed by atoms with E-state index in [1.54, 1.807) is 11.1 Å².